The molecule has 0 amide bonds. The van der Waals surface area contributed by atoms with Gasteiger partial charge < -0.3 is 4.98 Å². The highest BCUT2D eigenvalue weighted by molar-refractivity contribution is 6.33. The van der Waals surface area contributed by atoms with Crippen molar-refractivity contribution >= 4 is 22.6 Å². The van der Waals surface area contributed by atoms with E-state index in [1.165, 1.54) is 5.56 Å². The number of hydrogen-bond donors (Lipinski definition) is 1. The molecule has 0 spiro atoms. The molecule has 0 aliphatic carbocycles. The minimum absolute atomic E-state index is 0.428. The molecule has 2 heterocycles. The Bertz CT molecular complexity index is 671. The Morgan fingerprint density at radius 1 is 1.12 bits per heavy atom. The molecular weight excluding hydrogens is 234 g/mol. The number of aromatic amines is 1. The molecule has 17 heavy (non-hydrogen) atoms. The van der Waals surface area contributed by atoms with Gasteiger partial charge in [0.05, 0.1) is 5.52 Å². The van der Waals surface area contributed by atoms with Gasteiger partial charge in [0, 0.05) is 11.8 Å². The molecule has 0 atom stereocenters. The number of nitrogens with one attached hydrogen (secondary N) is 1. The molecule has 4 heteroatoms. The van der Waals surface area contributed by atoms with E-state index in [0.29, 0.717) is 10.7 Å². The maximum absolute atomic E-state index is 5.99. The fraction of sp³-hybridized carbons (Fsp3) is 0.0769. The molecule has 2 aromatic heterocycles. The number of H-pyrrole nitrogens is 1. The highest BCUT2D eigenvalue weighted by Gasteiger charge is 2.07. The number of nitrogens with zero attached hydrogens (tertiary/aromatic N) is 2. The van der Waals surface area contributed by atoms with Gasteiger partial charge in [0.2, 0.25) is 0 Å². The lowest BCUT2D eigenvalue weighted by molar-refractivity contribution is 1.32. The molecule has 1 N–H and O–H groups in total. The average molecular weight is 244 g/mol. The van der Waals surface area contributed by atoms with Crippen LogP contribution in [0.15, 0.2) is 36.5 Å². The van der Waals surface area contributed by atoms with E-state index >= 15 is 0 Å². The lowest BCUT2D eigenvalue weighted by atomic mass is 10.1. The van der Waals surface area contributed by atoms with E-state index in [9.17, 15) is 0 Å². The monoisotopic (exact) mass is 243 g/mol. The molecule has 0 fully saturated rings. The zero-order valence-electron chi connectivity index (χ0n) is 9.24. The zero-order valence-corrected chi connectivity index (χ0v) is 9.99. The van der Waals surface area contributed by atoms with E-state index < -0.39 is 0 Å². The van der Waals surface area contributed by atoms with Crippen LogP contribution < -0.4 is 0 Å². The van der Waals surface area contributed by atoms with Crippen LogP contribution in [0.1, 0.15) is 5.56 Å². The van der Waals surface area contributed by atoms with E-state index in [2.05, 4.69) is 34.0 Å². The van der Waals surface area contributed by atoms with Crippen LogP contribution in [0.3, 0.4) is 0 Å². The summed E-state index contributed by atoms with van der Waals surface area (Å²) in [4.78, 5) is 11.7. The van der Waals surface area contributed by atoms with Gasteiger partial charge in [0.15, 0.2) is 5.15 Å². The SMILES string of the molecule is Cc1ccc(-c2nc3c(Cl)nccc3[nH]2)cc1. The van der Waals surface area contributed by atoms with Gasteiger partial charge in [0.25, 0.3) is 0 Å². The minimum Gasteiger partial charge on any atom is -0.338 e. The van der Waals surface area contributed by atoms with Crippen molar-refractivity contribution in [2.45, 2.75) is 6.92 Å². The lowest BCUT2D eigenvalue weighted by Gasteiger charge is -1.96. The fourth-order valence-electron chi connectivity index (χ4n) is 1.75. The molecule has 0 saturated carbocycles. The van der Waals surface area contributed by atoms with E-state index in [0.717, 1.165) is 16.9 Å². The predicted octanol–water partition coefficient (Wildman–Crippen LogP) is 3.59. The summed E-state index contributed by atoms with van der Waals surface area (Å²) in [7, 11) is 0. The summed E-state index contributed by atoms with van der Waals surface area (Å²) < 4.78 is 0. The first-order valence-electron chi connectivity index (χ1n) is 5.31. The molecule has 1 aromatic carbocycles. The van der Waals surface area contributed by atoms with Crippen LogP contribution in [0.4, 0.5) is 0 Å². The smallest absolute Gasteiger partial charge is 0.156 e. The van der Waals surface area contributed by atoms with Crippen LogP contribution in [-0.2, 0) is 0 Å². The maximum Gasteiger partial charge on any atom is 0.156 e. The summed E-state index contributed by atoms with van der Waals surface area (Å²) in [5, 5.41) is 0.428. The Hall–Kier alpha value is -1.87. The molecule has 0 saturated heterocycles. The summed E-state index contributed by atoms with van der Waals surface area (Å²) in [5.74, 6) is 0.815. The van der Waals surface area contributed by atoms with Crippen molar-refractivity contribution in [3.8, 4) is 11.4 Å². The summed E-state index contributed by atoms with van der Waals surface area (Å²) in [6, 6.07) is 10.1. The number of fused-ring (bicyclic) bond motifs is 1. The van der Waals surface area contributed by atoms with Gasteiger partial charge in [-0.3, -0.25) is 0 Å². The average Bonchev–Trinajstić information content (AvgIpc) is 2.75. The second kappa shape index (κ2) is 3.86. The summed E-state index contributed by atoms with van der Waals surface area (Å²) >= 11 is 5.99. The van der Waals surface area contributed by atoms with Crippen molar-refractivity contribution in [1.29, 1.82) is 0 Å². The quantitative estimate of drug-likeness (QED) is 0.664. The number of benzene rings is 1. The van der Waals surface area contributed by atoms with E-state index in [-0.39, 0.29) is 0 Å². The van der Waals surface area contributed by atoms with Crippen molar-refractivity contribution in [3.63, 3.8) is 0 Å². The normalized spacial score (nSPS) is 10.9. The molecule has 3 nitrogen and oxygen atoms in total. The Balaban J connectivity index is 2.18. The van der Waals surface area contributed by atoms with Crippen molar-refractivity contribution in [2.24, 2.45) is 0 Å². The van der Waals surface area contributed by atoms with Gasteiger partial charge in [-0.1, -0.05) is 41.4 Å². The number of halogens is 1. The number of imidazole rings is 1. The first kappa shape index (κ1) is 10.3. The fourth-order valence-corrected chi connectivity index (χ4v) is 1.95. The molecule has 0 bridgehead atoms. The molecule has 0 aliphatic heterocycles. The first-order chi connectivity index (χ1) is 8.24. The Morgan fingerprint density at radius 3 is 2.59 bits per heavy atom. The molecule has 0 unspecified atom stereocenters. The van der Waals surface area contributed by atoms with E-state index in [1.54, 1.807) is 6.20 Å². The van der Waals surface area contributed by atoms with E-state index in [4.69, 9.17) is 11.6 Å². The van der Waals surface area contributed by atoms with Crippen LogP contribution in [0.5, 0.6) is 0 Å². The van der Waals surface area contributed by atoms with Gasteiger partial charge in [-0.05, 0) is 13.0 Å². The third-order valence-electron chi connectivity index (χ3n) is 2.68. The van der Waals surface area contributed by atoms with Crippen LogP contribution in [0, 0.1) is 6.92 Å². The van der Waals surface area contributed by atoms with Crippen LogP contribution in [-0.4, -0.2) is 15.0 Å². The molecular formula is C13H10ClN3. The van der Waals surface area contributed by atoms with Crippen molar-refractivity contribution in [1.82, 2.24) is 15.0 Å². The zero-order chi connectivity index (χ0) is 11.8. The van der Waals surface area contributed by atoms with Crippen LogP contribution >= 0.6 is 11.6 Å². The first-order valence-corrected chi connectivity index (χ1v) is 5.69. The predicted molar refractivity (Wildman–Crippen MR) is 69.1 cm³/mol. The number of hydrogen-bond acceptors (Lipinski definition) is 2. The largest absolute Gasteiger partial charge is 0.338 e. The number of aromatic nitrogens is 3. The molecule has 0 aliphatic rings. The minimum atomic E-state index is 0.428. The summed E-state index contributed by atoms with van der Waals surface area (Å²) in [5.41, 5.74) is 3.89. The van der Waals surface area contributed by atoms with Gasteiger partial charge in [0.1, 0.15) is 11.3 Å². The lowest BCUT2D eigenvalue weighted by Crippen LogP contribution is -1.80. The standard InChI is InChI=1S/C13H10ClN3/c1-8-2-4-9(5-3-8)13-16-10-6-7-15-12(14)11(10)17-13/h2-7H,1H3,(H,16,17). The van der Waals surface area contributed by atoms with Crippen molar-refractivity contribution < 1.29 is 0 Å². The van der Waals surface area contributed by atoms with Crippen LogP contribution in [0.25, 0.3) is 22.4 Å². The van der Waals surface area contributed by atoms with Gasteiger partial charge >= 0.3 is 0 Å². The van der Waals surface area contributed by atoms with E-state index in [1.807, 2.05) is 18.2 Å². The molecule has 3 aromatic rings. The second-order valence-corrected chi connectivity index (χ2v) is 4.31. The maximum atomic E-state index is 5.99. The summed E-state index contributed by atoms with van der Waals surface area (Å²) in [6.45, 7) is 2.06. The van der Waals surface area contributed by atoms with Gasteiger partial charge in [-0.25, -0.2) is 9.97 Å². The third-order valence-corrected chi connectivity index (χ3v) is 2.96. The van der Waals surface area contributed by atoms with Crippen molar-refractivity contribution in [2.75, 3.05) is 0 Å². The molecule has 84 valence electrons. The topological polar surface area (TPSA) is 41.6 Å². The number of pyridine rings is 1. The Morgan fingerprint density at radius 2 is 1.88 bits per heavy atom. The number of aryl methyl sites for hydroxylation is 1. The van der Waals surface area contributed by atoms with Gasteiger partial charge in [-0.2, -0.15) is 0 Å². The molecule has 3 rings (SSSR count). The third kappa shape index (κ3) is 1.78. The highest BCUT2D eigenvalue weighted by atomic mass is 35.5. The van der Waals surface area contributed by atoms with Crippen molar-refractivity contribution in [3.05, 3.63) is 47.2 Å². The Kier molecular flexibility index (Phi) is 2.34. The van der Waals surface area contributed by atoms with Crippen LogP contribution in [0.2, 0.25) is 5.15 Å². The Labute approximate surface area is 103 Å². The highest BCUT2D eigenvalue weighted by Crippen LogP contribution is 2.23. The van der Waals surface area contributed by atoms with Gasteiger partial charge in [-0.15, -0.1) is 0 Å². The molecule has 0 radical (unpaired) electrons. The second-order valence-electron chi connectivity index (χ2n) is 3.95. The summed E-state index contributed by atoms with van der Waals surface area (Å²) in [6.07, 6.45) is 1.67. The number of rotatable bonds is 1.